The molecule has 0 N–H and O–H groups in total. The molecule has 1 amide bonds. The standard InChI is InChI=1S/C18H14ClF3N2O3/c19-14-8-12(18(20,21)22)9-23(17(14)27)10-15(25)11-3-1-4-13(7-11)24-6-2-5-16(24)26/h1,3-4,7-9H,2,5-6,10H2. The van der Waals surface area contributed by atoms with E-state index in [9.17, 15) is 27.6 Å². The number of alkyl halides is 3. The van der Waals surface area contributed by atoms with Crippen LogP contribution < -0.4 is 10.5 Å². The van der Waals surface area contributed by atoms with Crippen molar-refractivity contribution in [1.29, 1.82) is 0 Å². The number of pyridine rings is 1. The highest BCUT2D eigenvalue weighted by Gasteiger charge is 2.32. The van der Waals surface area contributed by atoms with Crippen LogP contribution in [0.25, 0.3) is 0 Å². The lowest BCUT2D eigenvalue weighted by Gasteiger charge is -2.16. The van der Waals surface area contributed by atoms with Crippen LogP contribution in [0.1, 0.15) is 28.8 Å². The van der Waals surface area contributed by atoms with Crippen molar-refractivity contribution in [3.63, 3.8) is 0 Å². The van der Waals surface area contributed by atoms with E-state index in [1.807, 2.05) is 0 Å². The zero-order valence-electron chi connectivity index (χ0n) is 13.9. The predicted octanol–water partition coefficient (Wildman–Crippen LogP) is 3.53. The number of nitrogens with zero attached hydrogens (tertiary/aromatic N) is 2. The molecule has 0 unspecified atom stereocenters. The van der Waals surface area contributed by atoms with Crippen molar-refractivity contribution < 1.29 is 22.8 Å². The van der Waals surface area contributed by atoms with E-state index < -0.39 is 34.6 Å². The summed E-state index contributed by atoms with van der Waals surface area (Å²) in [6.07, 6.45) is -2.98. The second kappa shape index (κ2) is 7.19. The number of hydrogen-bond donors (Lipinski definition) is 0. The van der Waals surface area contributed by atoms with E-state index in [-0.39, 0.29) is 11.5 Å². The van der Waals surface area contributed by atoms with Gasteiger partial charge in [-0.3, -0.25) is 14.4 Å². The van der Waals surface area contributed by atoms with Gasteiger partial charge < -0.3 is 9.47 Å². The van der Waals surface area contributed by atoms with Crippen molar-refractivity contribution in [2.75, 3.05) is 11.4 Å². The van der Waals surface area contributed by atoms with Crippen LogP contribution in [0.15, 0.2) is 41.3 Å². The number of anilines is 1. The molecule has 9 heteroatoms. The lowest BCUT2D eigenvalue weighted by Crippen LogP contribution is -2.27. The first-order valence-electron chi connectivity index (χ1n) is 8.07. The van der Waals surface area contributed by atoms with E-state index in [0.29, 0.717) is 35.5 Å². The van der Waals surface area contributed by atoms with Crippen molar-refractivity contribution in [3.8, 4) is 0 Å². The highest BCUT2D eigenvalue weighted by molar-refractivity contribution is 6.30. The average Bonchev–Trinajstić information content (AvgIpc) is 3.04. The van der Waals surface area contributed by atoms with Crippen LogP contribution >= 0.6 is 11.6 Å². The Labute approximate surface area is 157 Å². The molecule has 27 heavy (non-hydrogen) atoms. The van der Waals surface area contributed by atoms with E-state index in [0.717, 1.165) is 6.42 Å². The first kappa shape index (κ1) is 19.2. The van der Waals surface area contributed by atoms with Crippen LogP contribution in [0.5, 0.6) is 0 Å². The van der Waals surface area contributed by atoms with Gasteiger partial charge in [-0.25, -0.2) is 0 Å². The number of halogens is 4. The lowest BCUT2D eigenvalue weighted by atomic mass is 10.1. The molecular weight excluding hydrogens is 385 g/mol. The molecule has 1 aromatic carbocycles. The number of ketones is 1. The minimum Gasteiger partial charge on any atom is -0.312 e. The van der Waals surface area contributed by atoms with Crippen LogP contribution in [0.4, 0.5) is 18.9 Å². The third-order valence-electron chi connectivity index (χ3n) is 4.24. The topological polar surface area (TPSA) is 59.4 Å². The van der Waals surface area contributed by atoms with Crippen molar-refractivity contribution in [2.24, 2.45) is 0 Å². The lowest BCUT2D eigenvalue weighted by molar-refractivity contribution is -0.138. The van der Waals surface area contributed by atoms with Gasteiger partial charge in [0.2, 0.25) is 5.91 Å². The summed E-state index contributed by atoms with van der Waals surface area (Å²) in [5.74, 6) is -0.624. The molecule has 0 aliphatic carbocycles. The van der Waals surface area contributed by atoms with Gasteiger partial charge in [-0.15, -0.1) is 0 Å². The number of Topliss-reactive ketones (excluding diaryl/α,β-unsaturated/α-hetero) is 1. The Hall–Kier alpha value is -2.61. The quantitative estimate of drug-likeness (QED) is 0.740. The second-order valence-corrected chi connectivity index (χ2v) is 6.54. The number of carbonyl (C=O) groups is 2. The fourth-order valence-corrected chi connectivity index (χ4v) is 3.11. The highest BCUT2D eigenvalue weighted by atomic mass is 35.5. The van der Waals surface area contributed by atoms with Crippen LogP contribution in [-0.4, -0.2) is 22.8 Å². The van der Waals surface area contributed by atoms with Gasteiger partial charge in [0.05, 0.1) is 12.1 Å². The first-order chi connectivity index (χ1) is 12.7. The second-order valence-electron chi connectivity index (χ2n) is 6.13. The van der Waals surface area contributed by atoms with Crippen LogP contribution in [0, 0.1) is 0 Å². The third-order valence-corrected chi connectivity index (χ3v) is 4.51. The third kappa shape index (κ3) is 4.05. The maximum atomic E-state index is 12.9. The summed E-state index contributed by atoms with van der Waals surface area (Å²) < 4.78 is 39.4. The molecule has 0 radical (unpaired) electrons. The summed E-state index contributed by atoms with van der Waals surface area (Å²) >= 11 is 5.59. The van der Waals surface area contributed by atoms with Crippen LogP contribution in [-0.2, 0) is 17.5 Å². The van der Waals surface area contributed by atoms with Crippen molar-refractivity contribution >= 4 is 29.0 Å². The van der Waals surface area contributed by atoms with Gasteiger partial charge in [-0.2, -0.15) is 13.2 Å². The number of amides is 1. The number of benzene rings is 1. The van der Waals surface area contributed by atoms with Crippen LogP contribution in [0.3, 0.4) is 0 Å². The summed E-state index contributed by atoms with van der Waals surface area (Å²) in [6.45, 7) is -0.0565. The van der Waals surface area contributed by atoms with Crippen molar-refractivity contribution in [3.05, 3.63) is 63.0 Å². The Morgan fingerprint density at radius 3 is 2.56 bits per heavy atom. The largest absolute Gasteiger partial charge is 0.417 e. The van der Waals surface area contributed by atoms with Gasteiger partial charge >= 0.3 is 6.18 Å². The Morgan fingerprint density at radius 2 is 1.93 bits per heavy atom. The first-order valence-corrected chi connectivity index (χ1v) is 8.45. The molecule has 1 aromatic heterocycles. The molecule has 2 heterocycles. The molecule has 0 bridgehead atoms. The van der Waals surface area contributed by atoms with Gasteiger partial charge in [-0.05, 0) is 24.6 Å². The normalized spacial score (nSPS) is 14.7. The zero-order valence-corrected chi connectivity index (χ0v) is 14.7. The van der Waals surface area contributed by atoms with Crippen LogP contribution in [0.2, 0.25) is 5.02 Å². The zero-order chi connectivity index (χ0) is 19.8. The smallest absolute Gasteiger partial charge is 0.312 e. The van der Waals surface area contributed by atoms with Gasteiger partial charge in [0.15, 0.2) is 5.78 Å². The summed E-state index contributed by atoms with van der Waals surface area (Å²) in [5, 5.41) is -0.617. The minimum atomic E-state index is -4.70. The fraction of sp³-hybridized carbons (Fsp3) is 0.278. The van der Waals surface area contributed by atoms with E-state index in [1.165, 1.54) is 12.1 Å². The van der Waals surface area contributed by atoms with E-state index in [1.54, 1.807) is 17.0 Å². The molecule has 0 saturated carbocycles. The van der Waals surface area contributed by atoms with E-state index >= 15 is 0 Å². The Kier molecular flexibility index (Phi) is 5.10. The summed E-state index contributed by atoms with van der Waals surface area (Å²) in [7, 11) is 0. The molecule has 3 rings (SSSR count). The molecule has 1 fully saturated rings. The molecule has 1 aliphatic rings. The molecular formula is C18H14ClF3N2O3. The summed E-state index contributed by atoms with van der Waals surface area (Å²) in [4.78, 5) is 37.9. The Bertz CT molecular complexity index is 969. The summed E-state index contributed by atoms with van der Waals surface area (Å²) in [6, 6.07) is 6.76. The number of carbonyl (C=O) groups excluding carboxylic acids is 2. The molecule has 0 atom stereocenters. The van der Waals surface area contributed by atoms with Crippen molar-refractivity contribution in [2.45, 2.75) is 25.6 Å². The fourth-order valence-electron chi connectivity index (χ4n) is 2.89. The SMILES string of the molecule is O=C(Cn1cc(C(F)(F)F)cc(Cl)c1=O)c1cccc(N2CCCC2=O)c1. The van der Waals surface area contributed by atoms with Gasteiger partial charge in [0, 0.05) is 30.4 Å². The predicted molar refractivity (Wildman–Crippen MR) is 93.1 cm³/mol. The van der Waals surface area contributed by atoms with E-state index in [2.05, 4.69) is 0 Å². The molecule has 2 aromatic rings. The Morgan fingerprint density at radius 1 is 1.19 bits per heavy atom. The molecule has 142 valence electrons. The van der Waals surface area contributed by atoms with Gasteiger partial charge in [0.1, 0.15) is 5.02 Å². The monoisotopic (exact) mass is 398 g/mol. The maximum Gasteiger partial charge on any atom is 0.417 e. The Balaban J connectivity index is 1.89. The number of hydrogen-bond acceptors (Lipinski definition) is 3. The summed E-state index contributed by atoms with van der Waals surface area (Å²) in [5.41, 5.74) is -1.27. The molecule has 0 spiro atoms. The number of rotatable bonds is 4. The maximum absolute atomic E-state index is 12.9. The van der Waals surface area contributed by atoms with Gasteiger partial charge in [-0.1, -0.05) is 23.7 Å². The average molecular weight is 399 g/mol. The number of aromatic nitrogens is 1. The van der Waals surface area contributed by atoms with E-state index in [4.69, 9.17) is 11.6 Å². The van der Waals surface area contributed by atoms with Crippen molar-refractivity contribution in [1.82, 2.24) is 4.57 Å². The minimum absolute atomic E-state index is 0.0551. The van der Waals surface area contributed by atoms with Gasteiger partial charge in [0.25, 0.3) is 5.56 Å². The molecule has 1 saturated heterocycles. The molecule has 1 aliphatic heterocycles. The highest BCUT2D eigenvalue weighted by Crippen LogP contribution is 2.29. The molecule has 5 nitrogen and oxygen atoms in total.